The molecule has 4 rings (SSSR count). The van der Waals surface area contributed by atoms with Gasteiger partial charge in [0.05, 0.1) is 0 Å². The number of rotatable bonds is 10. The summed E-state index contributed by atoms with van der Waals surface area (Å²) in [6, 6.07) is 28.3. The zero-order chi connectivity index (χ0) is 25.9. The Morgan fingerprint density at radius 2 is 1.41 bits per heavy atom. The summed E-state index contributed by atoms with van der Waals surface area (Å²) in [4.78, 5) is 30.9. The van der Waals surface area contributed by atoms with Gasteiger partial charge in [-0.05, 0) is 48.9 Å². The molecule has 0 bridgehead atoms. The Morgan fingerprint density at radius 3 is 2.08 bits per heavy atom. The highest BCUT2D eigenvalue weighted by molar-refractivity contribution is 5.90. The fourth-order valence-electron chi connectivity index (χ4n) is 5.12. The number of carbonyl (C=O) groups is 2. The van der Waals surface area contributed by atoms with Gasteiger partial charge >= 0.3 is 6.03 Å². The number of amides is 3. The predicted octanol–water partition coefficient (Wildman–Crippen LogP) is 6.82. The first-order valence-corrected chi connectivity index (χ1v) is 13.6. The first kappa shape index (κ1) is 26.5. The van der Waals surface area contributed by atoms with Gasteiger partial charge in [0.25, 0.3) is 0 Å². The summed E-state index contributed by atoms with van der Waals surface area (Å²) >= 11 is 0. The predicted molar refractivity (Wildman–Crippen MR) is 150 cm³/mol. The van der Waals surface area contributed by atoms with E-state index in [1.165, 1.54) is 12.0 Å². The lowest BCUT2D eigenvalue weighted by Gasteiger charge is -2.35. The zero-order valence-electron chi connectivity index (χ0n) is 21.9. The van der Waals surface area contributed by atoms with E-state index < -0.39 is 0 Å². The molecule has 0 radical (unpaired) electrons. The molecule has 1 N–H and O–H groups in total. The van der Waals surface area contributed by atoms with E-state index in [2.05, 4.69) is 29.6 Å². The first-order chi connectivity index (χ1) is 18.1. The molecule has 5 nitrogen and oxygen atoms in total. The minimum absolute atomic E-state index is 0.0873. The number of hydrogen-bond donors (Lipinski definition) is 1. The van der Waals surface area contributed by atoms with Crippen molar-refractivity contribution in [3.05, 3.63) is 102 Å². The Hall–Kier alpha value is -3.60. The Morgan fingerprint density at radius 1 is 0.784 bits per heavy atom. The summed E-state index contributed by atoms with van der Waals surface area (Å²) < 4.78 is 0. The lowest BCUT2D eigenvalue weighted by molar-refractivity contribution is -0.132. The van der Waals surface area contributed by atoms with Gasteiger partial charge in [0, 0.05) is 37.8 Å². The van der Waals surface area contributed by atoms with Gasteiger partial charge in [-0.3, -0.25) is 4.79 Å². The van der Waals surface area contributed by atoms with E-state index in [1.54, 1.807) is 0 Å². The van der Waals surface area contributed by atoms with Crippen molar-refractivity contribution in [2.75, 3.05) is 18.4 Å². The van der Waals surface area contributed by atoms with Gasteiger partial charge in [0.1, 0.15) is 0 Å². The van der Waals surface area contributed by atoms with Gasteiger partial charge < -0.3 is 15.1 Å². The van der Waals surface area contributed by atoms with Crippen LogP contribution in [-0.2, 0) is 17.8 Å². The second-order valence-electron chi connectivity index (χ2n) is 10.0. The second-order valence-corrected chi connectivity index (χ2v) is 10.0. The summed E-state index contributed by atoms with van der Waals surface area (Å²) in [5.41, 5.74) is 4.19. The van der Waals surface area contributed by atoms with Crippen LogP contribution in [0.2, 0.25) is 0 Å². The van der Waals surface area contributed by atoms with Gasteiger partial charge in [-0.1, -0.05) is 98.1 Å². The Labute approximate surface area is 221 Å². The van der Waals surface area contributed by atoms with Crippen molar-refractivity contribution < 1.29 is 9.59 Å². The number of carbonyl (C=O) groups excluding carboxylic acids is 2. The molecule has 5 heteroatoms. The van der Waals surface area contributed by atoms with Crippen molar-refractivity contribution in [2.24, 2.45) is 0 Å². The van der Waals surface area contributed by atoms with Gasteiger partial charge in [0.15, 0.2) is 0 Å². The van der Waals surface area contributed by atoms with Crippen LogP contribution in [0, 0.1) is 6.92 Å². The Balaban J connectivity index is 1.44. The van der Waals surface area contributed by atoms with Crippen LogP contribution < -0.4 is 5.32 Å². The van der Waals surface area contributed by atoms with Crippen molar-refractivity contribution in [1.82, 2.24) is 9.80 Å². The summed E-state index contributed by atoms with van der Waals surface area (Å²) in [5.74, 6) is 0.0873. The molecular weight excluding hydrogens is 458 g/mol. The van der Waals surface area contributed by atoms with Crippen LogP contribution in [0.1, 0.15) is 55.2 Å². The maximum Gasteiger partial charge on any atom is 0.322 e. The summed E-state index contributed by atoms with van der Waals surface area (Å²) in [6.07, 6.45) is 6.59. The summed E-state index contributed by atoms with van der Waals surface area (Å²) in [7, 11) is 0. The second kappa shape index (κ2) is 13.6. The largest absolute Gasteiger partial charge is 0.338 e. The molecule has 1 aliphatic carbocycles. The fourth-order valence-corrected chi connectivity index (χ4v) is 5.12. The van der Waals surface area contributed by atoms with Crippen molar-refractivity contribution in [3.63, 3.8) is 0 Å². The topological polar surface area (TPSA) is 52.7 Å². The van der Waals surface area contributed by atoms with E-state index in [1.807, 2.05) is 77.4 Å². The number of anilines is 1. The molecule has 0 aromatic heterocycles. The van der Waals surface area contributed by atoms with E-state index in [-0.39, 0.29) is 18.0 Å². The van der Waals surface area contributed by atoms with E-state index in [4.69, 9.17) is 0 Å². The monoisotopic (exact) mass is 497 g/mol. The normalized spacial score (nSPS) is 13.6. The van der Waals surface area contributed by atoms with Crippen LogP contribution in [-0.4, -0.2) is 40.9 Å². The Kier molecular flexibility index (Phi) is 9.75. The molecule has 0 saturated heterocycles. The van der Waals surface area contributed by atoms with Crippen molar-refractivity contribution in [2.45, 2.75) is 64.5 Å². The van der Waals surface area contributed by atoms with Gasteiger partial charge in [-0.15, -0.1) is 0 Å². The molecule has 1 fully saturated rings. The third kappa shape index (κ3) is 7.94. The number of nitrogens with zero attached hydrogens (tertiary/aromatic N) is 2. The lowest BCUT2D eigenvalue weighted by atomic mass is 9.94. The smallest absolute Gasteiger partial charge is 0.322 e. The minimum Gasteiger partial charge on any atom is -0.338 e. The van der Waals surface area contributed by atoms with Gasteiger partial charge in [0.2, 0.25) is 5.91 Å². The van der Waals surface area contributed by atoms with E-state index >= 15 is 0 Å². The van der Waals surface area contributed by atoms with Crippen LogP contribution in [0.3, 0.4) is 0 Å². The molecule has 0 spiro atoms. The van der Waals surface area contributed by atoms with Crippen LogP contribution in [0.15, 0.2) is 84.9 Å². The molecule has 3 aromatic rings. The molecule has 194 valence electrons. The molecule has 0 heterocycles. The first-order valence-electron chi connectivity index (χ1n) is 13.6. The number of para-hydroxylation sites is 1. The summed E-state index contributed by atoms with van der Waals surface area (Å²) in [5, 5.41) is 3.11. The highest BCUT2D eigenvalue weighted by Gasteiger charge is 2.27. The molecule has 1 saturated carbocycles. The molecule has 0 aliphatic heterocycles. The molecule has 37 heavy (non-hydrogen) atoms. The van der Waals surface area contributed by atoms with E-state index in [0.717, 1.165) is 48.9 Å². The highest BCUT2D eigenvalue weighted by atomic mass is 16.2. The molecule has 0 unspecified atom stereocenters. The van der Waals surface area contributed by atoms with Crippen molar-refractivity contribution >= 4 is 17.6 Å². The number of hydrogen-bond acceptors (Lipinski definition) is 2. The number of benzene rings is 3. The number of urea groups is 1. The van der Waals surface area contributed by atoms with Crippen LogP contribution >= 0.6 is 0 Å². The summed E-state index contributed by atoms with van der Waals surface area (Å²) in [6.45, 7) is 3.65. The number of aryl methyl sites for hydroxylation is 1. The van der Waals surface area contributed by atoms with Crippen LogP contribution in [0.5, 0.6) is 0 Å². The molecule has 0 atom stereocenters. The maximum absolute atomic E-state index is 13.6. The quantitative estimate of drug-likeness (QED) is 0.334. The minimum atomic E-state index is -0.104. The van der Waals surface area contributed by atoms with Gasteiger partial charge in [-0.2, -0.15) is 0 Å². The molecular formula is C32H39N3O2. The van der Waals surface area contributed by atoms with Crippen molar-refractivity contribution in [1.29, 1.82) is 0 Å². The van der Waals surface area contributed by atoms with Crippen LogP contribution in [0.25, 0.3) is 0 Å². The fraction of sp³-hybridized carbons (Fsp3) is 0.375. The zero-order valence-corrected chi connectivity index (χ0v) is 21.9. The number of nitrogens with one attached hydrogen (secondary N) is 1. The molecule has 3 amide bonds. The van der Waals surface area contributed by atoms with E-state index in [0.29, 0.717) is 26.1 Å². The lowest BCUT2D eigenvalue weighted by Crippen LogP contribution is -2.46. The SMILES string of the molecule is Cc1ccccc1NC(=O)N(CCC(=O)N(CCc1ccccc1)Cc1ccccc1)C1CCCCC1. The average molecular weight is 498 g/mol. The Bertz CT molecular complexity index is 1130. The average Bonchev–Trinajstić information content (AvgIpc) is 2.94. The van der Waals surface area contributed by atoms with E-state index in [9.17, 15) is 9.59 Å². The molecule has 3 aromatic carbocycles. The molecule has 1 aliphatic rings. The maximum atomic E-state index is 13.6. The van der Waals surface area contributed by atoms with Crippen molar-refractivity contribution in [3.8, 4) is 0 Å². The third-order valence-electron chi connectivity index (χ3n) is 7.31. The standard InChI is InChI=1S/C32H39N3O2/c1-26-13-11-12-20-30(26)33-32(37)35(29-18-9-4-10-19-29)24-22-31(36)34(25-28-16-7-3-8-17-28)23-21-27-14-5-2-6-15-27/h2-3,5-8,11-17,20,29H,4,9-10,18-19,21-25H2,1H3,(H,33,37). The highest BCUT2D eigenvalue weighted by Crippen LogP contribution is 2.24. The van der Waals surface area contributed by atoms with Gasteiger partial charge in [-0.25, -0.2) is 4.79 Å². The van der Waals surface area contributed by atoms with Crippen LogP contribution in [0.4, 0.5) is 10.5 Å². The third-order valence-corrected chi connectivity index (χ3v) is 7.31.